The van der Waals surface area contributed by atoms with Gasteiger partial charge in [0.1, 0.15) is 11.0 Å². The van der Waals surface area contributed by atoms with Crippen LogP contribution in [0.3, 0.4) is 0 Å². The molecule has 0 aromatic rings. The van der Waals surface area contributed by atoms with Crippen molar-refractivity contribution in [2.24, 2.45) is 0 Å². The molecule has 0 aromatic heterocycles. The van der Waals surface area contributed by atoms with E-state index in [1.807, 2.05) is 0 Å². The molecule has 1 unspecified atom stereocenters. The van der Waals surface area contributed by atoms with E-state index < -0.39 is 10.8 Å². The number of thioether (sulfide) groups is 1. The predicted octanol–water partition coefficient (Wildman–Crippen LogP) is 2.20. The van der Waals surface area contributed by atoms with E-state index in [0.29, 0.717) is 4.91 Å². The Morgan fingerprint density at radius 3 is 2.57 bits per heavy atom. The fourth-order valence-electron chi connectivity index (χ4n) is 0.822. The third-order valence-corrected chi connectivity index (χ3v) is 4.07. The molecule has 0 saturated carbocycles. The molecule has 0 saturated heterocycles. The number of nitriles is 1. The molecule has 1 aliphatic rings. The van der Waals surface area contributed by atoms with Gasteiger partial charge in [-0.15, -0.1) is 11.8 Å². The van der Waals surface area contributed by atoms with Gasteiger partial charge in [0.15, 0.2) is 0 Å². The molecule has 0 radical (unpaired) electrons. The van der Waals surface area contributed by atoms with Crippen LogP contribution in [-0.2, 0) is 10.8 Å². The van der Waals surface area contributed by atoms with Crippen molar-refractivity contribution in [3.8, 4) is 6.07 Å². The summed E-state index contributed by atoms with van der Waals surface area (Å²) >= 11 is 1.03. The van der Waals surface area contributed by atoms with Crippen molar-refractivity contribution in [3.05, 3.63) is 42.7 Å². The SMILES string of the molecule is [C-]#[N+]C1=C([N+]#[C-])S(=O)C(C#N)=C(C)S1. The van der Waals surface area contributed by atoms with E-state index in [-0.39, 0.29) is 15.0 Å². The van der Waals surface area contributed by atoms with Crippen LogP contribution in [0.25, 0.3) is 9.69 Å². The number of allylic oxidation sites excluding steroid dienone is 2. The molecule has 0 amide bonds. The van der Waals surface area contributed by atoms with E-state index in [0.717, 1.165) is 11.8 Å². The van der Waals surface area contributed by atoms with Gasteiger partial charge < -0.3 is 0 Å². The molecule has 0 aromatic carbocycles. The van der Waals surface area contributed by atoms with Crippen LogP contribution >= 0.6 is 11.8 Å². The molecule has 1 atom stereocenters. The fraction of sp³-hybridized carbons (Fsp3) is 0.125. The van der Waals surface area contributed by atoms with Gasteiger partial charge in [-0.1, -0.05) is 0 Å². The molecule has 1 aliphatic heterocycles. The molecule has 0 fully saturated rings. The molecule has 1 heterocycles. The Morgan fingerprint density at radius 2 is 2.14 bits per heavy atom. The van der Waals surface area contributed by atoms with Gasteiger partial charge in [0, 0.05) is 0 Å². The maximum absolute atomic E-state index is 11.6. The van der Waals surface area contributed by atoms with Gasteiger partial charge in [-0.2, -0.15) is 5.26 Å². The van der Waals surface area contributed by atoms with E-state index in [4.69, 9.17) is 18.4 Å². The van der Waals surface area contributed by atoms with Crippen molar-refractivity contribution in [3.63, 3.8) is 0 Å². The van der Waals surface area contributed by atoms with E-state index in [1.54, 1.807) is 13.0 Å². The second kappa shape index (κ2) is 4.11. The summed E-state index contributed by atoms with van der Waals surface area (Å²) in [6.07, 6.45) is 0. The monoisotopic (exact) mass is 221 g/mol. The maximum Gasteiger partial charge on any atom is 0.270 e. The molecular formula is C8H3N3OS2. The summed E-state index contributed by atoms with van der Waals surface area (Å²) in [5.74, 6) is 0. The first-order valence-electron chi connectivity index (χ1n) is 3.35. The minimum Gasteiger partial charge on any atom is -0.262 e. The molecule has 4 nitrogen and oxygen atoms in total. The molecule has 0 N–H and O–H groups in total. The van der Waals surface area contributed by atoms with Crippen LogP contribution < -0.4 is 0 Å². The van der Waals surface area contributed by atoms with Crippen molar-refractivity contribution in [1.82, 2.24) is 0 Å². The minimum absolute atomic E-state index is 0.0772. The van der Waals surface area contributed by atoms with E-state index in [1.165, 1.54) is 0 Å². The average molecular weight is 221 g/mol. The molecule has 6 heteroatoms. The highest BCUT2D eigenvalue weighted by Crippen LogP contribution is 2.39. The molecule has 0 spiro atoms. The Morgan fingerprint density at radius 1 is 1.50 bits per heavy atom. The first-order chi connectivity index (χ1) is 6.65. The van der Waals surface area contributed by atoms with Gasteiger partial charge >= 0.3 is 0 Å². The zero-order valence-corrected chi connectivity index (χ0v) is 8.70. The first-order valence-corrected chi connectivity index (χ1v) is 5.32. The molecule has 0 bridgehead atoms. The Kier molecular flexibility index (Phi) is 3.09. The van der Waals surface area contributed by atoms with Crippen molar-refractivity contribution in [2.75, 3.05) is 0 Å². The average Bonchev–Trinajstić information content (AvgIpc) is 2.17. The molecule has 68 valence electrons. The summed E-state index contributed by atoms with van der Waals surface area (Å²) in [4.78, 5) is 6.74. The van der Waals surface area contributed by atoms with Crippen LogP contribution in [0.1, 0.15) is 6.92 Å². The summed E-state index contributed by atoms with van der Waals surface area (Å²) in [7, 11) is -1.77. The number of hydrogen-bond donors (Lipinski definition) is 0. The Balaban J connectivity index is 3.35. The van der Waals surface area contributed by atoms with Crippen LogP contribution in [0.4, 0.5) is 0 Å². The van der Waals surface area contributed by atoms with Crippen LogP contribution in [0.2, 0.25) is 0 Å². The second-order valence-electron chi connectivity index (χ2n) is 2.20. The van der Waals surface area contributed by atoms with Crippen molar-refractivity contribution < 1.29 is 4.21 Å². The summed E-state index contributed by atoms with van der Waals surface area (Å²) in [6.45, 7) is 15.2. The molecule has 14 heavy (non-hydrogen) atoms. The first kappa shape index (κ1) is 10.5. The zero-order valence-electron chi connectivity index (χ0n) is 7.07. The van der Waals surface area contributed by atoms with Crippen LogP contribution in [-0.4, -0.2) is 4.21 Å². The molecular weight excluding hydrogens is 218 g/mol. The van der Waals surface area contributed by atoms with Crippen molar-refractivity contribution in [1.29, 1.82) is 5.26 Å². The summed E-state index contributed by atoms with van der Waals surface area (Å²) < 4.78 is 11.6. The van der Waals surface area contributed by atoms with Crippen molar-refractivity contribution >= 4 is 22.6 Å². The maximum atomic E-state index is 11.6. The Labute approximate surface area is 88.0 Å². The van der Waals surface area contributed by atoms with Gasteiger partial charge in [0.2, 0.25) is 5.03 Å². The lowest BCUT2D eigenvalue weighted by Gasteiger charge is -2.11. The highest BCUT2D eigenvalue weighted by molar-refractivity contribution is 8.09. The van der Waals surface area contributed by atoms with E-state index >= 15 is 0 Å². The van der Waals surface area contributed by atoms with Gasteiger partial charge in [-0.05, 0) is 11.8 Å². The fourth-order valence-corrected chi connectivity index (χ4v) is 2.96. The zero-order chi connectivity index (χ0) is 10.7. The standard InChI is InChI=1S/C8H3N3OS2/c1-5-6(4-9)14(12)8(11-3)7(10-2)13-5/h1H3. The summed E-state index contributed by atoms with van der Waals surface area (Å²) in [5, 5.41) is 8.66. The lowest BCUT2D eigenvalue weighted by molar-refractivity contribution is 0.691. The normalized spacial score (nSPS) is 21.1. The second-order valence-corrected chi connectivity index (χ2v) is 4.74. The number of rotatable bonds is 0. The molecule has 1 rings (SSSR count). The lowest BCUT2D eigenvalue weighted by atomic mass is 10.5. The third-order valence-electron chi connectivity index (χ3n) is 1.42. The highest BCUT2D eigenvalue weighted by Gasteiger charge is 2.26. The van der Waals surface area contributed by atoms with Gasteiger partial charge in [0.05, 0.1) is 23.9 Å². The van der Waals surface area contributed by atoms with E-state index in [9.17, 15) is 4.21 Å². The van der Waals surface area contributed by atoms with Crippen LogP contribution in [0.15, 0.2) is 19.9 Å². The van der Waals surface area contributed by atoms with Crippen molar-refractivity contribution in [2.45, 2.75) is 6.92 Å². The topological polar surface area (TPSA) is 49.6 Å². The van der Waals surface area contributed by atoms with Crippen LogP contribution in [0.5, 0.6) is 0 Å². The smallest absolute Gasteiger partial charge is 0.262 e. The lowest BCUT2D eigenvalue weighted by Crippen LogP contribution is -2.02. The van der Waals surface area contributed by atoms with Gasteiger partial charge in [0.25, 0.3) is 5.03 Å². The number of hydrogen-bond acceptors (Lipinski definition) is 3. The Bertz CT molecular complexity index is 496. The quantitative estimate of drug-likeness (QED) is 0.589. The summed E-state index contributed by atoms with van der Waals surface area (Å²) in [5.41, 5.74) is 0. The Hall–Kier alpha value is -1.55. The third kappa shape index (κ3) is 1.56. The van der Waals surface area contributed by atoms with E-state index in [2.05, 4.69) is 9.69 Å². The minimum atomic E-state index is -1.77. The van der Waals surface area contributed by atoms with Gasteiger partial charge in [-0.3, -0.25) is 4.21 Å². The summed E-state index contributed by atoms with van der Waals surface area (Å²) in [6, 6.07) is 1.79. The predicted molar refractivity (Wildman–Crippen MR) is 54.3 cm³/mol. The largest absolute Gasteiger partial charge is 0.270 e. The van der Waals surface area contributed by atoms with Gasteiger partial charge in [-0.25, -0.2) is 9.69 Å². The molecule has 0 aliphatic carbocycles. The van der Waals surface area contributed by atoms with Crippen LogP contribution in [0, 0.1) is 24.5 Å². The highest BCUT2D eigenvalue weighted by atomic mass is 32.2. The number of nitrogens with zero attached hydrogens (tertiary/aromatic N) is 3.